The van der Waals surface area contributed by atoms with Gasteiger partial charge in [-0.3, -0.25) is 9.78 Å². The summed E-state index contributed by atoms with van der Waals surface area (Å²) in [6, 6.07) is 14.2. The lowest BCUT2D eigenvalue weighted by atomic mass is 9.90. The Morgan fingerprint density at radius 3 is 2.76 bits per heavy atom. The van der Waals surface area contributed by atoms with Crippen molar-refractivity contribution >= 4 is 5.91 Å². The van der Waals surface area contributed by atoms with Crippen molar-refractivity contribution in [3.8, 4) is 0 Å². The zero-order chi connectivity index (χ0) is 17.1. The summed E-state index contributed by atoms with van der Waals surface area (Å²) in [5.74, 6) is 0.305. The molecule has 126 valence electrons. The van der Waals surface area contributed by atoms with Crippen molar-refractivity contribution in [1.82, 2.24) is 19.9 Å². The first-order valence-corrected chi connectivity index (χ1v) is 8.55. The standard InChI is InChI=1S/C20H20N4O/c25-19(7-6-15-8-10-21-11-9-15)24-12-17(16-4-2-1-3-5-16)20-18(13-24)22-14-23-20/h1-5,8-11,14,17H,6-7,12-13H2,(H,22,23). The van der Waals surface area contributed by atoms with Crippen molar-refractivity contribution in [2.75, 3.05) is 6.54 Å². The number of nitrogens with zero attached hydrogens (tertiary/aromatic N) is 3. The van der Waals surface area contributed by atoms with Gasteiger partial charge in [-0.1, -0.05) is 30.3 Å². The Morgan fingerprint density at radius 2 is 1.96 bits per heavy atom. The maximum absolute atomic E-state index is 12.8. The van der Waals surface area contributed by atoms with Crippen LogP contribution in [0, 0.1) is 0 Å². The minimum Gasteiger partial charge on any atom is -0.347 e. The van der Waals surface area contributed by atoms with E-state index in [0.717, 1.165) is 23.4 Å². The minimum absolute atomic E-state index is 0.126. The number of H-pyrrole nitrogens is 1. The van der Waals surface area contributed by atoms with E-state index in [1.165, 1.54) is 5.56 Å². The smallest absolute Gasteiger partial charge is 0.223 e. The number of amides is 1. The number of carbonyl (C=O) groups is 1. The highest BCUT2D eigenvalue weighted by molar-refractivity contribution is 5.77. The second kappa shape index (κ2) is 6.89. The van der Waals surface area contributed by atoms with Crippen molar-refractivity contribution in [2.24, 2.45) is 0 Å². The Bertz CT molecular complexity index is 844. The molecule has 25 heavy (non-hydrogen) atoms. The van der Waals surface area contributed by atoms with Gasteiger partial charge in [-0.05, 0) is 29.7 Å². The van der Waals surface area contributed by atoms with Crippen LogP contribution >= 0.6 is 0 Å². The van der Waals surface area contributed by atoms with E-state index in [4.69, 9.17) is 0 Å². The number of imidazole rings is 1. The molecule has 0 radical (unpaired) electrons. The highest BCUT2D eigenvalue weighted by atomic mass is 16.2. The summed E-state index contributed by atoms with van der Waals surface area (Å²) in [6.07, 6.45) is 6.51. The lowest BCUT2D eigenvalue weighted by Crippen LogP contribution is -2.38. The van der Waals surface area contributed by atoms with E-state index in [1.54, 1.807) is 18.7 Å². The molecule has 5 nitrogen and oxygen atoms in total. The number of carbonyl (C=O) groups excluding carboxylic acids is 1. The van der Waals surface area contributed by atoms with Gasteiger partial charge in [-0.25, -0.2) is 4.98 Å². The molecule has 1 aromatic carbocycles. The largest absolute Gasteiger partial charge is 0.347 e. The fourth-order valence-corrected chi connectivity index (χ4v) is 3.42. The third kappa shape index (κ3) is 3.31. The molecule has 0 saturated carbocycles. The molecular weight excluding hydrogens is 312 g/mol. The van der Waals surface area contributed by atoms with Gasteiger partial charge in [0.05, 0.1) is 24.3 Å². The second-order valence-electron chi connectivity index (χ2n) is 6.36. The van der Waals surface area contributed by atoms with E-state index in [-0.39, 0.29) is 11.8 Å². The van der Waals surface area contributed by atoms with Gasteiger partial charge in [0.2, 0.25) is 5.91 Å². The molecule has 1 N–H and O–H groups in total. The van der Waals surface area contributed by atoms with Crippen LogP contribution in [0.25, 0.3) is 0 Å². The number of nitrogens with one attached hydrogen (secondary N) is 1. The van der Waals surface area contributed by atoms with Crippen LogP contribution in [0.5, 0.6) is 0 Å². The molecule has 0 spiro atoms. The number of aryl methyl sites for hydroxylation is 1. The molecule has 1 unspecified atom stereocenters. The average molecular weight is 332 g/mol. The molecule has 1 atom stereocenters. The Morgan fingerprint density at radius 1 is 1.16 bits per heavy atom. The van der Waals surface area contributed by atoms with Crippen molar-refractivity contribution < 1.29 is 4.79 Å². The SMILES string of the molecule is O=C(CCc1ccncc1)N1Cc2[nH]cnc2C(c2ccccc2)C1. The van der Waals surface area contributed by atoms with Crippen molar-refractivity contribution in [3.05, 3.63) is 83.7 Å². The van der Waals surface area contributed by atoms with E-state index >= 15 is 0 Å². The van der Waals surface area contributed by atoms with Crippen LogP contribution in [0.2, 0.25) is 0 Å². The Labute approximate surface area is 146 Å². The molecule has 1 aliphatic rings. The second-order valence-corrected chi connectivity index (χ2v) is 6.36. The van der Waals surface area contributed by atoms with Crippen LogP contribution in [0.4, 0.5) is 0 Å². The monoisotopic (exact) mass is 332 g/mol. The van der Waals surface area contributed by atoms with E-state index < -0.39 is 0 Å². The minimum atomic E-state index is 0.126. The van der Waals surface area contributed by atoms with Crippen LogP contribution in [-0.2, 0) is 17.8 Å². The molecule has 0 fully saturated rings. The number of aromatic nitrogens is 3. The molecule has 0 bridgehead atoms. The van der Waals surface area contributed by atoms with Crippen molar-refractivity contribution in [2.45, 2.75) is 25.3 Å². The van der Waals surface area contributed by atoms with Gasteiger partial charge in [0.1, 0.15) is 0 Å². The van der Waals surface area contributed by atoms with E-state index in [0.29, 0.717) is 19.5 Å². The first kappa shape index (κ1) is 15.6. The molecule has 2 aromatic heterocycles. The van der Waals surface area contributed by atoms with Crippen molar-refractivity contribution in [3.63, 3.8) is 0 Å². The third-order valence-corrected chi connectivity index (χ3v) is 4.77. The molecule has 0 saturated heterocycles. The zero-order valence-corrected chi connectivity index (χ0v) is 13.9. The van der Waals surface area contributed by atoms with Gasteiger partial charge < -0.3 is 9.88 Å². The lowest BCUT2D eigenvalue weighted by molar-refractivity contribution is -0.132. The quantitative estimate of drug-likeness (QED) is 0.799. The first-order valence-electron chi connectivity index (χ1n) is 8.55. The van der Waals surface area contributed by atoms with Gasteiger partial charge in [-0.15, -0.1) is 0 Å². The Hall–Kier alpha value is -2.95. The van der Waals surface area contributed by atoms with E-state index in [1.807, 2.05) is 35.2 Å². The summed E-state index contributed by atoms with van der Waals surface area (Å²) in [7, 11) is 0. The lowest BCUT2D eigenvalue weighted by Gasteiger charge is -2.32. The zero-order valence-electron chi connectivity index (χ0n) is 13.9. The summed E-state index contributed by atoms with van der Waals surface area (Å²) in [6.45, 7) is 1.28. The van der Waals surface area contributed by atoms with Crippen LogP contribution in [0.1, 0.15) is 34.9 Å². The predicted octanol–water partition coefficient (Wildman–Crippen LogP) is 2.91. The summed E-state index contributed by atoms with van der Waals surface area (Å²) >= 11 is 0. The number of aromatic amines is 1. The highest BCUT2D eigenvalue weighted by Crippen LogP contribution is 2.31. The number of rotatable bonds is 4. The number of benzene rings is 1. The molecular formula is C20H20N4O. The predicted molar refractivity (Wildman–Crippen MR) is 94.8 cm³/mol. The number of hydrogen-bond donors (Lipinski definition) is 1. The topological polar surface area (TPSA) is 61.9 Å². The van der Waals surface area contributed by atoms with Gasteiger partial charge >= 0.3 is 0 Å². The first-order chi connectivity index (χ1) is 12.3. The summed E-state index contributed by atoms with van der Waals surface area (Å²) in [4.78, 5) is 26.4. The van der Waals surface area contributed by atoms with Crippen LogP contribution in [0.15, 0.2) is 61.2 Å². The van der Waals surface area contributed by atoms with Gasteiger partial charge in [0.25, 0.3) is 0 Å². The van der Waals surface area contributed by atoms with Gasteiger partial charge in [0, 0.05) is 31.3 Å². The number of fused-ring (bicyclic) bond motifs is 1. The van der Waals surface area contributed by atoms with Gasteiger partial charge in [0.15, 0.2) is 0 Å². The molecule has 4 rings (SSSR count). The van der Waals surface area contributed by atoms with Crippen LogP contribution in [-0.4, -0.2) is 32.3 Å². The van der Waals surface area contributed by atoms with Crippen LogP contribution in [0.3, 0.4) is 0 Å². The Kier molecular flexibility index (Phi) is 4.29. The maximum Gasteiger partial charge on any atom is 0.223 e. The van der Waals surface area contributed by atoms with Crippen LogP contribution < -0.4 is 0 Å². The average Bonchev–Trinajstić information content (AvgIpc) is 3.15. The van der Waals surface area contributed by atoms with Gasteiger partial charge in [-0.2, -0.15) is 0 Å². The fourth-order valence-electron chi connectivity index (χ4n) is 3.42. The van der Waals surface area contributed by atoms with Crippen molar-refractivity contribution in [1.29, 1.82) is 0 Å². The molecule has 3 heterocycles. The summed E-state index contributed by atoms with van der Waals surface area (Å²) < 4.78 is 0. The molecule has 3 aromatic rings. The highest BCUT2D eigenvalue weighted by Gasteiger charge is 2.30. The number of hydrogen-bond acceptors (Lipinski definition) is 3. The van der Waals surface area contributed by atoms with E-state index in [9.17, 15) is 4.79 Å². The molecule has 1 amide bonds. The number of pyridine rings is 1. The summed E-state index contributed by atoms with van der Waals surface area (Å²) in [5, 5.41) is 0. The normalized spacial score (nSPS) is 16.5. The molecule has 0 aliphatic carbocycles. The fraction of sp³-hybridized carbons (Fsp3) is 0.250. The summed E-state index contributed by atoms with van der Waals surface area (Å²) in [5.41, 5.74) is 4.44. The Balaban J connectivity index is 1.51. The van der Waals surface area contributed by atoms with E-state index in [2.05, 4.69) is 27.1 Å². The molecule has 5 heteroatoms. The third-order valence-electron chi connectivity index (χ3n) is 4.77. The molecule has 1 aliphatic heterocycles. The maximum atomic E-state index is 12.8.